The Morgan fingerprint density at radius 2 is 1.68 bits per heavy atom. The van der Waals surface area contributed by atoms with Crippen molar-refractivity contribution in [1.82, 2.24) is 14.9 Å². The van der Waals surface area contributed by atoms with Crippen LogP contribution in [0.4, 0.5) is 10.1 Å². The average molecular weight is 611 g/mol. The summed E-state index contributed by atoms with van der Waals surface area (Å²) in [5.74, 6) is -0.869. The summed E-state index contributed by atoms with van der Waals surface area (Å²) in [6.07, 6.45) is 1.50. The summed E-state index contributed by atoms with van der Waals surface area (Å²) >= 11 is 0. The van der Waals surface area contributed by atoms with Gasteiger partial charge in [0, 0.05) is 29.6 Å². The second kappa shape index (κ2) is 11.4. The number of halogens is 1. The monoisotopic (exact) mass is 610 g/mol. The highest BCUT2D eigenvalue weighted by molar-refractivity contribution is 7.92. The quantitative estimate of drug-likeness (QED) is 0.225. The van der Waals surface area contributed by atoms with Crippen molar-refractivity contribution in [1.29, 1.82) is 0 Å². The fourth-order valence-corrected chi connectivity index (χ4v) is 5.73. The Morgan fingerprint density at radius 1 is 0.955 bits per heavy atom. The molecule has 6 rings (SSSR count). The van der Waals surface area contributed by atoms with Gasteiger partial charge in [-0.2, -0.15) is 0 Å². The van der Waals surface area contributed by atoms with Crippen LogP contribution in [0.25, 0.3) is 44.3 Å². The molecule has 0 spiro atoms. The maximum atomic E-state index is 13.7. The molecule has 0 aliphatic carbocycles. The van der Waals surface area contributed by atoms with Crippen molar-refractivity contribution in [3.8, 4) is 22.5 Å². The van der Waals surface area contributed by atoms with Crippen LogP contribution in [0.5, 0.6) is 0 Å². The normalized spacial score (nSPS) is 11.6. The summed E-state index contributed by atoms with van der Waals surface area (Å²) in [5, 5.41) is 3.38. The van der Waals surface area contributed by atoms with Gasteiger partial charge in [-0.05, 0) is 60.5 Å². The molecule has 2 aromatic heterocycles. The van der Waals surface area contributed by atoms with Crippen molar-refractivity contribution < 1.29 is 22.0 Å². The smallest absolute Gasteiger partial charge is 0.261 e. The number of nitrogens with one attached hydrogen (secondary N) is 2. The summed E-state index contributed by atoms with van der Waals surface area (Å²) in [6.45, 7) is 1.84. The topological polar surface area (TPSA) is 123 Å². The van der Waals surface area contributed by atoms with Crippen LogP contribution in [0.3, 0.4) is 0 Å². The third kappa shape index (κ3) is 5.45. The molecular formula is C33H27FN4O5S. The van der Waals surface area contributed by atoms with E-state index in [-0.39, 0.29) is 33.9 Å². The van der Waals surface area contributed by atoms with Gasteiger partial charge in [-0.25, -0.2) is 17.8 Å². The lowest BCUT2D eigenvalue weighted by Crippen LogP contribution is -2.21. The van der Waals surface area contributed by atoms with Crippen molar-refractivity contribution >= 4 is 43.5 Å². The predicted octanol–water partition coefficient (Wildman–Crippen LogP) is 5.79. The number of benzene rings is 4. The molecule has 0 atom stereocenters. The lowest BCUT2D eigenvalue weighted by atomic mass is 9.98. The molecule has 11 heteroatoms. The molecule has 2 N–H and O–H groups in total. The van der Waals surface area contributed by atoms with Crippen LogP contribution in [0.1, 0.15) is 22.8 Å². The van der Waals surface area contributed by atoms with Crippen molar-refractivity contribution in [2.45, 2.75) is 13.5 Å². The third-order valence-electron chi connectivity index (χ3n) is 7.36. The zero-order valence-corrected chi connectivity index (χ0v) is 24.6. The van der Waals surface area contributed by atoms with Gasteiger partial charge in [0.15, 0.2) is 0 Å². The molecule has 0 unspecified atom stereocenters. The van der Waals surface area contributed by atoms with E-state index in [1.54, 1.807) is 24.3 Å². The summed E-state index contributed by atoms with van der Waals surface area (Å²) in [6, 6.07) is 23.3. The zero-order valence-electron chi connectivity index (χ0n) is 23.8. The Hall–Kier alpha value is -5.29. The number of hydrogen-bond acceptors (Lipinski definition) is 6. The van der Waals surface area contributed by atoms with Crippen LogP contribution in [0, 0.1) is 5.82 Å². The molecule has 222 valence electrons. The molecule has 4 aromatic carbocycles. The Bertz CT molecular complexity index is 2210. The largest absolute Gasteiger partial charge is 0.455 e. The molecule has 6 aromatic rings. The minimum Gasteiger partial charge on any atom is -0.455 e. The Labute approximate surface area is 252 Å². The summed E-state index contributed by atoms with van der Waals surface area (Å²) < 4.78 is 49.4. The fourth-order valence-electron chi connectivity index (χ4n) is 5.08. The number of sulfonamides is 1. The lowest BCUT2D eigenvalue weighted by molar-refractivity contribution is 0.0964. The minimum absolute atomic E-state index is 0.182. The van der Waals surface area contributed by atoms with Gasteiger partial charge in [0.05, 0.1) is 40.8 Å². The summed E-state index contributed by atoms with van der Waals surface area (Å²) in [4.78, 5) is 31.2. The second-order valence-electron chi connectivity index (χ2n) is 10.2. The Balaban J connectivity index is 1.58. The van der Waals surface area contributed by atoms with E-state index >= 15 is 0 Å². The highest BCUT2D eigenvalue weighted by Gasteiger charge is 2.24. The van der Waals surface area contributed by atoms with Gasteiger partial charge < -0.3 is 9.73 Å². The van der Waals surface area contributed by atoms with Crippen LogP contribution in [-0.4, -0.2) is 36.7 Å². The summed E-state index contributed by atoms with van der Waals surface area (Å²) in [5.41, 5.74) is 3.22. The van der Waals surface area contributed by atoms with E-state index in [9.17, 15) is 22.4 Å². The van der Waals surface area contributed by atoms with Crippen molar-refractivity contribution in [3.05, 3.63) is 119 Å². The molecule has 0 radical (unpaired) electrons. The number of carbonyl (C=O) groups is 1. The van der Waals surface area contributed by atoms with E-state index in [2.05, 4.69) is 15.0 Å². The maximum Gasteiger partial charge on any atom is 0.261 e. The molecule has 1 amide bonds. The van der Waals surface area contributed by atoms with Crippen LogP contribution < -0.4 is 15.6 Å². The number of amides is 1. The molecule has 2 heterocycles. The first kappa shape index (κ1) is 28.8. The number of hydrogen-bond donors (Lipinski definition) is 2. The predicted molar refractivity (Wildman–Crippen MR) is 169 cm³/mol. The van der Waals surface area contributed by atoms with Crippen molar-refractivity contribution in [2.75, 3.05) is 17.5 Å². The molecule has 0 saturated heterocycles. The number of furan rings is 1. The van der Waals surface area contributed by atoms with Gasteiger partial charge >= 0.3 is 0 Å². The molecule has 9 nitrogen and oxygen atoms in total. The fraction of sp³-hybridized carbons (Fsp3) is 0.121. The highest BCUT2D eigenvalue weighted by atomic mass is 32.2. The Kier molecular flexibility index (Phi) is 7.48. The van der Waals surface area contributed by atoms with Gasteiger partial charge in [0.25, 0.3) is 11.5 Å². The number of rotatable bonds is 8. The van der Waals surface area contributed by atoms with Gasteiger partial charge in [0.2, 0.25) is 10.0 Å². The molecule has 0 aliphatic rings. The highest BCUT2D eigenvalue weighted by Crippen LogP contribution is 2.40. The second-order valence-corrected chi connectivity index (χ2v) is 12.2. The van der Waals surface area contributed by atoms with Crippen LogP contribution in [0.15, 0.2) is 100 Å². The molecule has 44 heavy (non-hydrogen) atoms. The average Bonchev–Trinajstić information content (AvgIpc) is 3.40. The van der Waals surface area contributed by atoms with Crippen LogP contribution in [0.2, 0.25) is 0 Å². The number of nitrogens with zero attached hydrogens (tertiary/aromatic N) is 2. The van der Waals surface area contributed by atoms with Crippen LogP contribution >= 0.6 is 0 Å². The van der Waals surface area contributed by atoms with E-state index < -0.39 is 21.7 Å². The number of anilines is 1. The number of fused-ring (bicyclic) bond motifs is 2. The molecule has 0 bridgehead atoms. The first-order chi connectivity index (χ1) is 21.2. The molecular weight excluding hydrogens is 583 g/mol. The van der Waals surface area contributed by atoms with E-state index in [1.165, 1.54) is 55.2 Å². The maximum absolute atomic E-state index is 13.7. The SMILES string of the molecule is CCS(=O)(=O)Nc1cc2oc(-c3ccc(F)cc3)c(C(=O)NC)c2cc1-c1ccc2ncn(Cc3ccccc3)c(=O)c2c1. The minimum atomic E-state index is -3.74. The lowest BCUT2D eigenvalue weighted by Gasteiger charge is -2.14. The van der Waals surface area contributed by atoms with E-state index in [1.807, 2.05) is 30.3 Å². The van der Waals surface area contributed by atoms with Crippen molar-refractivity contribution in [2.24, 2.45) is 0 Å². The first-order valence-electron chi connectivity index (χ1n) is 13.8. The zero-order chi connectivity index (χ0) is 31.0. The number of carbonyl (C=O) groups excluding carboxylic acids is 1. The standard InChI is InChI=1S/C33H27FN4O5S/c1-3-44(41,42)37-28-17-29-26(30(32(39)35-2)31(43-29)21-9-12-23(34)13-10-21)16-24(28)22-11-14-27-25(15-22)33(40)38(19-36-27)18-20-7-5-4-6-8-20/h4-17,19,37H,3,18H2,1-2H3,(H,35,39). The van der Waals surface area contributed by atoms with Crippen molar-refractivity contribution in [3.63, 3.8) is 0 Å². The molecule has 0 saturated carbocycles. The van der Waals surface area contributed by atoms with Gasteiger partial charge in [-0.15, -0.1) is 0 Å². The van der Waals surface area contributed by atoms with E-state index in [0.29, 0.717) is 39.5 Å². The van der Waals surface area contributed by atoms with Gasteiger partial charge in [-0.3, -0.25) is 18.9 Å². The summed E-state index contributed by atoms with van der Waals surface area (Å²) in [7, 11) is -2.25. The third-order valence-corrected chi connectivity index (χ3v) is 8.66. The van der Waals surface area contributed by atoms with Gasteiger partial charge in [-0.1, -0.05) is 36.4 Å². The number of aromatic nitrogens is 2. The first-order valence-corrected chi connectivity index (χ1v) is 15.4. The van der Waals surface area contributed by atoms with E-state index in [4.69, 9.17) is 4.42 Å². The van der Waals surface area contributed by atoms with E-state index in [0.717, 1.165) is 5.56 Å². The molecule has 0 aliphatic heterocycles. The van der Waals surface area contributed by atoms with Gasteiger partial charge in [0.1, 0.15) is 17.2 Å². The van der Waals surface area contributed by atoms with Crippen LogP contribution in [-0.2, 0) is 16.6 Å². The Morgan fingerprint density at radius 3 is 2.39 bits per heavy atom. The molecule has 0 fully saturated rings.